The molecule has 2 saturated heterocycles. The normalized spacial score (nSPS) is 22.8. The Morgan fingerprint density at radius 3 is 2.32 bits per heavy atom. The predicted molar refractivity (Wildman–Crippen MR) is 180 cm³/mol. The minimum atomic E-state index is -0.794. The topological polar surface area (TPSA) is 57.6 Å². The molecular weight excluding hydrogens is 562 g/mol. The molecular formula is C35H58F2N4O3. The first kappa shape index (κ1) is 41.3. The number of allylic oxidation sites excluding steroid dienone is 4. The molecule has 2 fully saturated rings. The van der Waals surface area contributed by atoms with Crippen molar-refractivity contribution in [1.82, 2.24) is 14.8 Å². The molecule has 3 unspecified atom stereocenters. The maximum absolute atomic E-state index is 14.4. The molecule has 250 valence electrons. The molecule has 3 heterocycles. The Hall–Kier alpha value is -2.72. The second kappa shape index (κ2) is 21.9. The van der Waals surface area contributed by atoms with E-state index in [0.29, 0.717) is 5.71 Å². The van der Waals surface area contributed by atoms with Gasteiger partial charge in [-0.05, 0) is 58.4 Å². The highest BCUT2D eigenvalue weighted by Crippen LogP contribution is 2.33. The van der Waals surface area contributed by atoms with Crippen LogP contribution in [0, 0.1) is 11.6 Å². The van der Waals surface area contributed by atoms with Crippen molar-refractivity contribution in [2.24, 2.45) is 5.10 Å². The first-order valence-electron chi connectivity index (χ1n) is 15.6. The Morgan fingerprint density at radius 2 is 1.77 bits per heavy atom. The third kappa shape index (κ3) is 12.3. The minimum absolute atomic E-state index is 0. The molecule has 1 aromatic carbocycles. The van der Waals surface area contributed by atoms with Crippen LogP contribution in [0.4, 0.5) is 8.78 Å². The summed E-state index contributed by atoms with van der Waals surface area (Å²) in [6, 6.07) is 2.93. The van der Waals surface area contributed by atoms with Crippen LogP contribution in [0.3, 0.4) is 0 Å². The fraction of sp³-hybridized carbons (Fsp3) is 0.600. The monoisotopic (exact) mass is 620 g/mol. The summed E-state index contributed by atoms with van der Waals surface area (Å²) < 4.78 is 38.4. The fourth-order valence-electron chi connectivity index (χ4n) is 4.83. The lowest BCUT2D eigenvalue weighted by Gasteiger charge is -2.38. The van der Waals surface area contributed by atoms with Crippen LogP contribution in [0.15, 0.2) is 60.3 Å². The van der Waals surface area contributed by atoms with Gasteiger partial charge in [0.25, 0.3) is 5.91 Å². The number of hydrogen-bond donors (Lipinski definition) is 0. The zero-order valence-electron chi connectivity index (χ0n) is 27.6. The fourth-order valence-corrected chi connectivity index (χ4v) is 4.83. The van der Waals surface area contributed by atoms with Gasteiger partial charge in [0, 0.05) is 51.9 Å². The summed E-state index contributed by atoms with van der Waals surface area (Å²) in [4.78, 5) is 17.9. The van der Waals surface area contributed by atoms with Crippen molar-refractivity contribution in [3.63, 3.8) is 0 Å². The van der Waals surface area contributed by atoms with E-state index in [1.165, 1.54) is 17.9 Å². The number of amides is 1. The van der Waals surface area contributed by atoms with Crippen molar-refractivity contribution in [1.29, 1.82) is 0 Å². The number of hydrazone groups is 1. The molecule has 0 radical (unpaired) electrons. The highest BCUT2D eigenvalue weighted by molar-refractivity contribution is 6.04. The van der Waals surface area contributed by atoms with Gasteiger partial charge in [-0.1, -0.05) is 72.1 Å². The third-order valence-corrected chi connectivity index (χ3v) is 7.34. The smallest absolute Gasteiger partial charge is 0.260 e. The van der Waals surface area contributed by atoms with Crippen LogP contribution >= 0.6 is 0 Å². The van der Waals surface area contributed by atoms with E-state index < -0.39 is 17.2 Å². The number of likely N-dealkylation sites (N-methyl/N-ethyl adjacent to an activating group) is 1. The van der Waals surface area contributed by atoms with Gasteiger partial charge < -0.3 is 14.4 Å². The van der Waals surface area contributed by atoms with Crippen LogP contribution in [-0.2, 0) is 14.3 Å². The molecule has 3 atom stereocenters. The summed E-state index contributed by atoms with van der Waals surface area (Å²) in [6.45, 7) is 19.7. The minimum Gasteiger partial charge on any atom is -0.356 e. The second-order valence-electron chi connectivity index (χ2n) is 10.4. The number of carbonyl (C=O) groups excluding carboxylic acids is 1. The summed E-state index contributed by atoms with van der Waals surface area (Å²) in [5.74, 6) is -1.25. The van der Waals surface area contributed by atoms with Gasteiger partial charge in [0.1, 0.15) is 11.6 Å². The van der Waals surface area contributed by atoms with E-state index in [1.807, 2.05) is 59.8 Å². The van der Waals surface area contributed by atoms with Crippen LogP contribution in [0.5, 0.6) is 0 Å². The number of benzene rings is 1. The van der Waals surface area contributed by atoms with Gasteiger partial charge in [-0.2, -0.15) is 5.10 Å². The van der Waals surface area contributed by atoms with Gasteiger partial charge in [0.15, 0.2) is 6.29 Å². The molecule has 1 amide bonds. The third-order valence-electron chi connectivity index (χ3n) is 7.34. The summed E-state index contributed by atoms with van der Waals surface area (Å²) in [7, 11) is 3.75. The predicted octanol–water partition coefficient (Wildman–Crippen LogP) is 7.44. The first-order valence-corrected chi connectivity index (χ1v) is 15.6. The van der Waals surface area contributed by atoms with Crippen molar-refractivity contribution in [3.05, 3.63) is 72.4 Å². The maximum atomic E-state index is 14.4. The van der Waals surface area contributed by atoms with Gasteiger partial charge in [-0.25, -0.2) is 13.8 Å². The quantitative estimate of drug-likeness (QED) is 0.297. The van der Waals surface area contributed by atoms with Gasteiger partial charge >= 0.3 is 0 Å². The van der Waals surface area contributed by atoms with Crippen LogP contribution in [0.25, 0.3) is 0 Å². The first-order chi connectivity index (χ1) is 20.7. The highest BCUT2D eigenvalue weighted by Gasteiger charge is 2.43. The lowest BCUT2D eigenvalue weighted by Crippen LogP contribution is -2.55. The SMILES string of the molecule is C.C=C/C=C\C=C\C1(C)CC(c2cc(F)ccc2F)=NN1C(=O)C(C)N1CCN(C)CC1.CC.CC.COC1CCCCO1. The molecule has 0 aromatic heterocycles. The number of carbonyl (C=O) groups is 1. The van der Waals surface area contributed by atoms with Crippen LogP contribution in [0.1, 0.15) is 80.2 Å². The number of rotatable bonds is 7. The van der Waals surface area contributed by atoms with Gasteiger partial charge in [0.05, 0.1) is 17.3 Å². The Labute approximate surface area is 266 Å². The lowest BCUT2D eigenvalue weighted by molar-refractivity contribution is -0.145. The zero-order valence-corrected chi connectivity index (χ0v) is 27.6. The number of nitrogens with zero attached hydrogens (tertiary/aromatic N) is 4. The molecule has 0 spiro atoms. The molecule has 0 bridgehead atoms. The number of hydrogen-bond acceptors (Lipinski definition) is 6. The second-order valence-corrected chi connectivity index (χ2v) is 10.4. The van der Waals surface area contributed by atoms with E-state index in [-0.39, 0.29) is 37.6 Å². The standard InChI is InChI=1S/C24H30F2N4O.C6H12O2.2C2H6.CH4/c1-5-6-7-8-11-24(3)17-22(20-16-19(25)9-10-21(20)26)27-30(24)23(31)18(2)29-14-12-28(4)13-15-29;1-7-6-4-2-3-5-8-6;2*1-2;/h5-11,16,18H,1,12-15,17H2,2-4H3;6H,2-5H2,1H3;2*1-2H3;1H4/b7-6-,11-8+;;;;. The molecule has 3 aliphatic heterocycles. The van der Waals surface area contributed by atoms with Crippen molar-refractivity contribution in [2.45, 2.75) is 92.5 Å². The van der Waals surface area contributed by atoms with Gasteiger partial charge in [-0.15, -0.1) is 0 Å². The maximum Gasteiger partial charge on any atom is 0.260 e. The summed E-state index contributed by atoms with van der Waals surface area (Å²) in [6.07, 6.45) is 12.8. The van der Waals surface area contributed by atoms with E-state index in [9.17, 15) is 13.6 Å². The number of halogens is 2. The molecule has 0 saturated carbocycles. The van der Waals surface area contributed by atoms with E-state index >= 15 is 0 Å². The molecule has 1 aromatic rings. The van der Waals surface area contributed by atoms with Crippen molar-refractivity contribution >= 4 is 11.6 Å². The molecule has 7 nitrogen and oxygen atoms in total. The van der Waals surface area contributed by atoms with E-state index in [1.54, 1.807) is 19.3 Å². The zero-order chi connectivity index (χ0) is 32.4. The number of ether oxygens (including phenoxy) is 2. The van der Waals surface area contributed by atoms with Crippen molar-refractivity contribution < 1.29 is 23.0 Å². The lowest BCUT2D eigenvalue weighted by atomic mass is 9.91. The summed E-state index contributed by atoms with van der Waals surface area (Å²) in [5, 5.41) is 5.94. The van der Waals surface area contributed by atoms with E-state index in [4.69, 9.17) is 9.47 Å². The van der Waals surface area contributed by atoms with Gasteiger partial charge in [0.2, 0.25) is 0 Å². The van der Waals surface area contributed by atoms with Crippen molar-refractivity contribution in [2.75, 3.05) is 46.9 Å². The van der Waals surface area contributed by atoms with Crippen LogP contribution < -0.4 is 0 Å². The average Bonchev–Trinajstić information content (AvgIpc) is 3.39. The Balaban J connectivity index is 0.00000121. The molecule has 9 heteroatoms. The average molecular weight is 621 g/mol. The molecule has 3 aliphatic rings. The van der Waals surface area contributed by atoms with E-state index in [0.717, 1.165) is 57.4 Å². The highest BCUT2D eigenvalue weighted by atomic mass is 19.1. The van der Waals surface area contributed by atoms with E-state index in [2.05, 4.69) is 28.5 Å². The largest absolute Gasteiger partial charge is 0.356 e. The molecule has 4 rings (SSSR count). The summed E-state index contributed by atoms with van der Waals surface area (Å²) >= 11 is 0. The van der Waals surface area contributed by atoms with Crippen LogP contribution in [0.2, 0.25) is 0 Å². The Kier molecular flexibility index (Phi) is 20.5. The molecule has 0 N–H and O–H groups in total. The number of piperazine rings is 1. The van der Waals surface area contributed by atoms with Crippen LogP contribution in [-0.4, -0.2) is 91.2 Å². The van der Waals surface area contributed by atoms with Crippen molar-refractivity contribution in [3.8, 4) is 0 Å². The summed E-state index contributed by atoms with van der Waals surface area (Å²) in [5.41, 5.74) is -0.350. The molecule has 44 heavy (non-hydrogen) atoms. The number of methoxy groups -OCH3 is 1. The Morgan fingerprint density at radius 1 is 1.11 bits per heavy atom. The van der Waals surface area contributed by atoms with Gasteiger partial charge in [-0.3, -0.25) is 9.69 Å². The Bertz CT molecular complexity index is 1060. The molecule has 0 aliphatic carbocycles.